The molecule has 122 valence electrons. The van der Waals surface area contributed by atoms with Crippen LogP contribution in [-0.4, -0.2) is 39.2 Å². The lowest BCUT2D eigenvalue weighted by Crippen LogP contribution is -2.06. The third-order valence-corrected chi connectivity index (χ3v) is 4.03. The van der Waals surface area contributed by atoms with E-state index in [-0.39, 0.29) is 11.7 Å². The Labute approximate surface area is 146 Å². The van der Waals surface area contributed by atoms with Crippen LogP contribution in [0.4, 0.5) is 5.95 Å². The zero-order chi connectivity index (χ0) is 16.7. The van der Waals surface area contributed by atoms with Crippen LogP contribution in [0.1, 0.15) is 19.4 Å². The lowest BCUT2D eigenvalue weighted by atomic mass is 10.1. The van der Waals surface area contributed by atoms with Gasteiger partial charge in [-0.15, -0.1) is 5.10 Å². The van der Waals surface area contributed by atoms with Crippen molar-refractivity contribution in [1.29, 1.82) is 0 Å². The molecule has 0 fully saturated rings. The first kappa shape index (κ1) is 17.5. The summed E-state index contributed by atoms with van der Waals surface area (Å²) in [6, 6.07) is 7.83. The predicted molar refractivity (Wildman–Crippen MR) is 93.7 cm³/mol. The van der Waals surface area contributed by atoms with Crippen LogP contribution in [0.3, 0.4) is 0 Å². The molecule has 2 rings (SSSR count). The number of hydrogen-bond donors (Lipinski definition) is 2. The van der Waals surface area contributed by atoms with Crippen LogP contribution in [-0.2, 0) is 9.53 Å². The number of thioether (sulfide) groups is 1. The third kappa shape index (κ3) is 5.68. The molecule has 2 N–H and O–H groups in total. The highest BCUT2D eigenvalue weighted by Gasteiger charge is 2.08. The molecule has 1 aromatic carbocycles. The van der Waals surface area contributed by atoms with Crippen LogP contribution in [0.2, 0.25) is 0 Å². The zero-order valence-corrected chi connectivity index (χ0v) is 15.1. The van der Waals surface area contributed by atoms with Crippen molar-refractivity contribution in [3.63, 3.8) is 0 Å². The third-order valence-electron chi connectivity index (χ3n) is 2.68. The number of halogens is 1. The quantitative estimate of drug-likeness (QED) is 0.322. The molecule has 1 heterocycles. The van der Waals surface area contributed by atoms with Gasteiger partial charge in [0, 0.05) is 4.47 Å². The molecule has 0 bridgehead atoms. The molecule has 0 radical (unpaired) electrons. The van der Waals surface area contributed by atoms with Gasteiger partial charge in [-0.05, 0) is 31.5 Å². The Bertz CT molecular complexity index is 687. The highest BCUT2D eigenvalue weighted by atomic mass is 79.9. The Morgan fingerprint density at radius 2 is 2.17 bits per heavy atom. The Morgan fingerprint density at radius 3 is 2.87 bits per heavy atom. The maximum absolute atomic E-state index is 11.3. The predicted octanol–water partition coefficient (Wildman–Crippen LogP) is 3.06. The van der Waals surface area contributed by atoms with Crippen molar-refractivity contribution < 1.29 is 9.53 Å². The number of aromatic nitrogens is 3. The molecule has 0 atom stereocenters. The van der Waals surface area contributed by atoms with Gasteiger partial charge in [-0.3, -0.25) is 4.79 Å². The number of ether oxygens (including phenoxy) is 1. The Hall–Kier alpha value is -1.87. The van der Waals surface area contributed by atoms with Gasteiger partial charge in [0.1, 0.15) is 0 Å². The molecule has 23 heavy (non-hydrogen) atoms. The first-order valence-electron chi connectivity index (χ1n) is 6.85. The number of rotatable bonds is 7. The molecular weight excluding hydrogens is 382 g/mol. The van der Waals surface area contributed by atoms with Crippen LogP contribution in [0, 0.1) is 0 Å². The van der Waals surface area contributed by atoms with Gasteiger partial charge in [0.25, 0.3) is 0 Å². The topological polar surface area (TPSA) is 92.3 Å². The number of benzene rings is 1. The molecule has 0 aliphatic rings. The summed E-state index contributed by atoms with van der Waals surface area (Å²) in [7, 11) is 0. The molecule has 2 aromatic rings. The smallest absolute Gasteiger partial charge is 0.316 e. The molecule has 0 unspecified atom stereocenters. The molecule has 0 saturated carbocycles. The van der Waals surface area contributed by atoms with Crippen LogP contribution in [0.5, 0.6) is 0 Å². The zero-order valence-electron chi connectivity index (χ0n) is 12.7. The Balaban J connectivity index is 1.89. The summed E-state index contributed by atoms with van der Waals surface area (Å²) in [6.45, 7) is 4.02. The minimum Gasteiger partial charge on any atom is -0.465 e. The van der Waals surface area contributed by atoms with Crippen LogP contribution in [0.15, 0.2) is 39.0 Å². The maximum atomic E-state index is 11.3. The van der Waals surface area contributed by atoms with E-state index in [2.05, 4.69) is 41.6 Å². The SMILES string of the molecule is CCOC(=O)CSc1n[nH]c(N/N=C(\C)c2ccc(Br)cc2)n1. The molecule has 7 nitrogen and oxygen atoms in total. The van der Waals surface area contributed by atoms with Crippen molar-refractivity contribution in [2.24, 2.45) is 5.10 Å². The molecular formula is C14H16BrN5O2S. The number of esters is 1. The number of anilines is 1. The van der Waals surface area contributed by atoms with Crippen LogP contribution in [0.25, 0.3) is 0 Å². The average molecular weight is 398 g/mol. The van der Waals surface area contributed by atoms with Crippen molar-refractivity contribution >= 4 is 45.3 Å². The largest absolute Gasteiger partial charge is 0.465 e. The summed E-state index contributed by atoms with van der Waals surface area (Å²) in [5.41, 5.74) is 4.62. The summed E-state index contributed by atoms with van der Waals surface area (Å²) in [5.74, 6) is 0.292. The molecule has 0 saturated heterocycles. The normalized spacial score (nSPS) is 11.3. The van der Waals surface area contributed by atoms with E-state index >= 15 is 0 Å². The summed E-state index contributed by atoms with van der Waals surface area (Å²) in [6.07, 6.45) is 0. The fourth-order valence-corrected chi connectivity index (χ4v) is 2.44. The van der Waals surface area contributed by atoms with E-state index in [1.807, 2.05) is 31.2 Å². The van der Waals surface area contributed by atoms with Gasteiger partial charge in [-0.1, -0.05) is 39.8 Å². The van der Waals surface area contributed by atoms with Crippen molar-refractivity contribution in [2.75, 3.05) is 17.8 Å². The van der Waals surface area contributed by atoms with Gasteiger partial charge in [-0.25, -0.2) is 10.5 Å². The van der Waals surface area contributed by atoms with Gasteiger partial charge in [0.2, 0.25) is 11.1 Å². The van der Waals surface area contributed by atoms with Gasteiger partial charge in [0.05, 0.1) is 18.1 Å². The van der Waals surface area contributed by atoms with Crippen LogP contribution >= 0.6 is 27.7 Å². The minimum atomic E-state index is -0.291. The van der Waals surface area contributed by atoms with Crippen molar-refractivity contribution in [2.45, 2.75) is 19.0 Å². The summed E-state index contributed by atoms with van der Waals surface area (Å²) in [5, 5.41) is 11.4. The number of nitrogens with zero attached hydrogens (tertiary/aromatic N) is 3. The highest BCUT2D eigenvalue weighted by molar-refractivity contribution is 9.10. The number of aromatic amines is 1. The van der Waals surface area contributed by atoms with E-state index in [0.29, 0.717) is 17.7 Å². The maximum Gasteiger partial charge on any atom is 0.316 e. The highest BCUT2D eigenvalue weighted by Crippen LogP contribution is 2.15. The monoisotopic (exact) mass is 397 g/mol. The second kappa shape index (κ2) is 8.68. The van der Waals surface area contributed by atoms with Crippen LogP contribution < -0.4 is 5.43 Å². The fraction of sp³-hybridized carbons (Fsp3) is 0.286. The number of nitrogens with one attached hydrogen (secondary N) is 2. The van der Waals surface area contributed by atoms with E-state index in [1.54, 1.807) is 6.92 Å². The van der Waals surface area contributed by atoms with Gasteiger partial charge >= 0.3 is 5.97 Å². The second-order valence-corrected chi connectivity index (χ2v) is 6.23. The summed E-state index contributed by atoms with van der Waals surface area (Å²) >= 11 is 4.59. The van der Waals surface area contributed by atoms with Gasteiger partial charge in [-0.2, -0.15) is 10.1 Å². The van der Waals surface area contributed by atoms with Crippen molar-refractivity contribution in [1.82, 2.24) is 15.2 Å². The standard InChI is InChI=1S/C14H16BrN5O2S/c1-3-22-12(21)8-23-14-16-13(19-20-14)18-17-9(2)10-4-6-11(15)7-5-10/h4-7H,3,8H2,1-2H3,(H2,16,18,19,20)/b17-9+. The molecule has 1 aromatic heterocycles. The summed E-state index contributed by atoms with van der Waals surface area (Å²) in [4.78, 5) is 15.5. The van der Waals surface area contributed by atoms with Crippen molar-refractivity contribution in [3.8, 4) is 0 Å². The Kier molecular flexibility index (Phi) is 6.60. The number of carbonyl (C=O) groups is 1. The molecule has 0 aliphatic heterocycles. The number of carbonyl (C=O) groups excluding carboxylic acids is 1. The molecule has 9 heteroatoms. The van der Waals surface area contributed by atoms with E-state index < -0.39 is 0 Å². The number of hydrogen-bond acceptors (Lipinski definition) is 7. The minimum absolute atomic E-state index is 0.173. The Morgan fingerprint density at radius 1 is 1.43 bits per heavy atom. The summed E-state index contributed by atoms with van der Waals surface area (Å²) < 4.78 is 5.85. The fourth-order valence-electron chi connectivity index (χ4n) is 1.58. The number of hydrazone groups is 1. The number of H-pyrrole nitrogens is 1. The second-order valence-electron chi connectivity index (χ2n) is 4.38. The molecule has 0 amide bonds. The van der Waals surface area contributed by atoms with E-state index in [1.165, 1.54) is 11.8 Å². The van der Waals surface area contributed by atoms with Gasteiger partial charge < -0.3 is 4.74 Å². The average Bonchev–Trinajstić information content (AvgIpc) is 2.99. The first-order chi connectivity index (χ1) is 11.1. The van der Waals surface area contributed by atoms with Crippen molar-refractivity contribution in [3.05, 3.63) is 34.3 Å². The molecule has 0 spiro atoms. The lowest BCUT2D eigenvalue weighted by molar-refractivity contribution is -0.139. The van der Waals surface area contributed by atoms with Gasteiger partial charge in [0.15, 0.2) is 0 Å². The van der Waals surface area contributed by atoms with E-state index in [0.717, 1.165) is 15.7 Å². The first-order valence-corrected chi connectivity index (χ1v) is 8.63. The molecule has 0 aliphatic carbocycles. The van der Waals surface area contributed by atoms with E-state index in [9.17, 15) is 4.79 Å². The van der Waals surface area contributed by atoms with E-state index in [4.69, 9.17) is 4.74 Å². The lowest BCUT2D eigenvalue weighted by Gasteiger charge is -2.01.